The van der Waals surface area contributed by atoms with E-state index in [4.69, 9.17) is 0 Å². The lowest BCUT2D eigenvalue weighted by Crippen LogP contribution is -2.29. The molecule has 2 heterocycles. The molecule has 1 saturated heterocycles. The largest absolute Gasteiger partial charge is 0.273 e. The zero-order valence-corrected chi connectivity index (χ0v) is 15.5. The maximum atomic E-state index is 12.5. The molecule has 0 atom stereocenters. The maximum absolute atomic E-state index is 12.5. The van der Waals surface area contributed by atoms with Gasteiger partial charge in [-0.2, -0.15) is 0 Å². The molecule has 1 N–H and O–H groups in total. The summed E-state index contributed by atoms with van der Waals surface area (Å²) in [5.74, 6) is -0.757. The number of anilines is 1. The number of aryl methyl sites for hydroxylation is 1. The highest BCUT2D eigenvalue weighted by molar-refractivity contribution is 7.94. The summed E-state index contributed by atoms with van der Waals surface area (Å²) in [6.07, 6.45) is 3.07. The van der Waals surface area contributed by atoms with Crippen molar-refractivity contribution < 1.29 is 21.6 Å². The third-order valence-corrected chi connectivity index (χ3v) is 7.20. The van der Waals surface area contributed by atoms with Crippen LogP contribution in [-0.4, -0.2) is 33.5 Å². The third kappa shape index (κ3) is 3.62. The molecule has 0 spiro atoms. The SMILES string of the molecule is Cc1cc(N2C(=O)CCS2(=O)=O)ccc1S(=O)(=O)NCc1cccnc1. The number of pyridine rings is 1. The van der Waals surface area contributed by atoms with Crippen LogP contribution >= 0.6 is 0 Å². The normalized spacial score (nSPS) is 16.8. The number of rotatable bonds is 5. The van der Waals surface area contributed by atoms with Crippen molar-refractivity contribution in [3.63, 3.8) is 0 Å². The fraction of sp³-hybridized carbons (Fsp3) is 0.250. The van der Waals surface area contributed by atoms with Crippen LogP contribution in [0.1, 0.15) is 17.5 Å². The molecule has 1 aromatic heterocycles. The van der Waals surface area contributed by atoms with Crippen LogP contribution < -0.4 is 9.03 Å². The number of carbonyl (C=O) groups is 1. The number of hydrogen-bond donors (Lipinski definition) is 1. The van der Waals surface area contributed by atoms with Crippen molar-refractivity contribution in [3.8, 4) is 0 Å². The van der Waals surface area contributed by atoms with Gasteiger partial charge >= 0.3 is 0 Å². The first-order valence-corrected chi connectivity index (χ1v) is 10.8. The van der Waals surface area contributed by atoms with Crippen molar-refractivity contribution in [1.29, 1.82) is 0 Å². The molecule has 8 nitrogen and oxygen atoms in total. The second kappa shape index (κ2) is 6.78. The molecule has 0 unspecified atom stereocenters. The average molecular weight is 395 g/mol. The molecule has 2 aromatic rings. The van der Waals surface area contributed by atoms with Gasteiger partial charge in [0.15, 0.2) is 0 Å². The van der Waals surface area contributed by atoms with Gasteiger partial charge in [0.05, 0.1) is 16.3 Å². The number of hydrogen-bond acceptors (Lipinski definition) is 6. The Morgan fingerprint density at radius 1 is 1.27 bits per heavy atom. The average Bonchev–Trinajstić information content (AvgIpc) is 2.86. The van der Waals surface area contributed by atoms with Crippen LogP contribution in [0.5, 0.6) is 0 Å². The molecule has 1 aliphatic rings. The fourth-order valence-electron chi connectivity index (χ4n) is 2.69. The van der Waals surface area contributed by atoms with Crippen LogP contribution in [0.3, 0.4) is 0 Å². The van der Waals surface area contributed by atoms with Crippen LogP contribution in [-0.2, 0) is 31.4 Å². The third-order valence-electron chi connectivity index (χ3n) is 3.95. The van der Waals surface area contributed by atoms with E-state index in [0.717, 1.165) is 4.31 Å². The summed E-state index contributed by atoms with van der Waals surface area (Å²) in [6, 6.07) is 7.47. The summed E-state index contributed by atoms with van der Waals surface area (Å²) in [6.45, 7) is 1.63. The smallest absolute Gasteiger partial charge is 0.242 e. The van der Waals surface area contributed by atoms with Crippen molar-refractivity contribution in [2.24, 2.45) is 0 Å². The molecular formula is C16H17N3O5S2. The van der Waals surface area contributed by atoms with Gasteiger partial charge in [-0.25, -0.2) is 25.9 Å². The first-order chi connectivity index (χ1) is 12.2. The lowest BCUT2D eigenvalue weighted by Gasteiger charge is -2.17. The van der Waals surface area contributed by atoms with Crippen LogP contribution in [0.25, 0.3) is 0 Å². The Hall–Kier alpha value is -2.30. The molecule has 1 aromatic carbocycles. The topological polar surface area (TPSA) is 114 Å². The first kappa shape index (κ1) is 18.5. The van der Waals surface area contributed by atoms with Crippen LogP contribution in [0, 0.1) is 6.92 Å². The predicted molar refractivity (Wildman–Crippen MR) is 95.3 cm³/mol. The lowest BCUT2D eigenvalue weighted by molar-refractivity contribution is -0.116. The molecule has 0 aliphatic carbocycles. The molecule has 10 heteroatoms. The molecule has 0 saturated carbocycles. The van der Waals surface area contributed by atoms with E-state index < -0.39 is 26.0 Å². The monoisotopic (exact) mass is 395 g/mol. The standard InChI is InChI=1S/C16H17N3O5S2/c1-12-9-14(19-16(20)6-8-25(19,21)22)4-5-15(12)26(23,24)18-11-13-3-2-7-17-10-13/h2-5,7,9-10,18H,6,8,11H2,1H3. The van der Waals surface area contributed by atoms with Crippen molar-refractivity contribution in [3.05, 3.63) is 53.9 Å². The van der Waals surface area contributed by atoms with Crippen molar-refractivity contribution in [2.75, 3.05) is 10.1 Å². The lowest BCUT2D eigenvalue weighted by atomic mass is 10.2. The van der Waals surface area contributed by atoms with Gasteiger partial charge in [-0.1, -0.05) is 6.07 Å². The molecule has 3 rings (SSSR count). The van der Waals surface area contributed by atoms with Crippen LogP contribution in [0.2, 0.25) is 0 Å². The van der Waals surface area contributed by atoms with Gasteiger partial charge in [0.2, 0.25) is 26.0 Å². The summed E-state index contributed by atoms with van der Waals surface area (Å²) in [5.41, 5.74) is 1.20. The molecule has 1 amide bonds. The summed E-state index contributed by atoms with van der Waals surface area (Å²) in [4.78, 5) is 15.8. The zero-order valence-electron chi connectivity index (χ0n) is 13.9. The Kier molecular flexibility index (Phi) is 4.82. The summed E-state index contributed by atoms with van der Waals surface area (Å²) in [7, 11) is -7.49. The first-order valence-electron chi connectivity index (χ1n) is 7.76. The van der Waals surface area contributed by atoms with E-state index >= 15 is 0 Å². The molecule has 0 bridgehead atoms. The Bertz CT molecular complexity index is 1050. The minimum atomic E-state index is -3.80. The Morgan fingerprint density at radius 2 is 2.04 bits per heavy atom. The second-order valence-corrected chi connectivity index (χ2v) is 9.53. The number of carbonyl (C=O) groups excluding carboxylic acids is 1. The number of benzene rings is 1. The number of sulfonamides is 2. The molecule has 0 radical (unpaired) electrons. The fourth-order valence-corrected chi connectivity index (χ4v) is 5.38. The molecule has 138 valence electrons. The van der Waals surface area contributed by atoms with Crippen molar-refractivity contribution >= 4 is 31.6 Å². The minimum absolute atomic E-state index is 0.0224. The highest BCUT2D eigenvalue weighted by Gasteiger charge is 2.36. The van der Waals surface area contributed by atoms with Gasteiger partial charge in [-0.3, -0.25) is 9.78 Å². The predicted octanol–water partition coefficient (Wildman–Crippen LogP) is 0.935. The summed E-state index contributed by atoms with van der Waals surface area (Å²) < 4.78 is 52.2. The molecular weight excluding hydrogens is 378 g/mol. The van der Waals surface area contributed by atoms with Gasteiger partial charge in [0.1, 0.15) is 0 Å². The van der Waals surface area contributed by atoms with Gasteiger partial charge in [0.25, 0.3) is 0 Å². The Morgan fingerprint density at radius 3 is 2.62 bits per heavy atom. The minimum Gasteiger partial charge on any atom is -0.273 e. The van der Waals surface area contributed by atoms with E-state index in [-0.39, 0.29) is 29.3 Å². The quantitative estimate of drug-likeness (QED) is 0.806. The van der Waals surface area contributed by atoms with Gasteiger partial charge < -0.3 is 0 Å². The Balaban J connectivity index is 1.86. The van der Waals surface area contributed by atoms with E-state index in [0.29, 0.717) is 11.1 Å². The molecule has 1 fully saturated rings. The van der Waals surface area contributed by atoms with Gasteiger partial charge in [-0.05, 0) is 42.3 Å². The van der Waals surface area contributed by atoms with E-state index in [9.17, 15) is 21.6 Å². The van der Waals surface area contributed by atoms with E-state index in [1.54, 1.807) is 31.5 Å². The summed E-state index contributed by atoms with van der Waals surface area (Å²) in [5, 5.41) is 0. The number of nitrogens with zero attached hydrogens (tertiary/aromatic N) is 2. The van der Waals surface area contributed by atoms with Crippen LogP contribution in [0.4, 0.5) is 5.69 Å². The van der Waals surface area contributed by atoms with Gasteiger partial charge in [0, 0.05) is 25.4 Å². The highest BCUT2D eigenvalue weighted by Crippen LogP contribution is 2.28. The van der Waals surface area contributed by atoms with Crippen molar-refractivity contribution in [2.45, 2.75) is 24.8 Å². The molecule has 26 heavy (non-hydrogen) atoms. The van der Waals surface area contributed by atoms with Crippen molar-refractivity contribution in [1.82, 2.24) is 9.71 Å². The summed E-state index contributed by atoms with van der Waals surface area (Å²) >= 11 is 0. The molecule has 1 aliphatic heterocycles. The van der Waals surface area contributed by atoms with E-state index in [1.165, 1.54) is 18.2 Å². The van der Waals surface area contributed by atoms with Crippen LogP contribution in [0.15, 0.2) is 47.6 Å². The Labute approximate surface area is 152 Å². The van der Waals surface area contributed by atoms with E-state index in [1.807, 2.05) is 0 Å². The number of amides is 1. The maximum Gasteiger partial charge on any atom is 0.242 e. The number of nitrogens with one attached hydrogen (secondary N) is 1. The van der Waals surface area contributed by atoms with E-state index in [2.05, 4.69) is 9.71 Å². The highest BCUT2D eigenvalue weighted by atomic mass is 32.2. The zero-order chi connectivity index (χ0) is 18.9. The number of aromatic nitrogens is 1. The second-order valence-electron chi connectivity index (χ2n) is 5.86. The van der Waals surface area contributed by atoms with Gasteiger partial charge in [-0.15, -0.1) is 0 Å².